The highest BCUT2D eigenvalue weighted by atomic mass is 79.9. The average Bonchev–Trinajstić information content (AvgIpc) is 2.35. The third kappa shape index (κ3) is 4.50. The molecular formula is C12H20BrN3O. The van der Waals surface area contributed by atoms with Gasteiger partial charge in [-0.15, -0.1) is 0 Å². The Kier molecular flexibility index (Phi) is 6.26. The fourth-order valence-corrected chi connectivity index (χ4v) is 1.91. The summed E-state index contributed by atoms with van der Waals surface area (Å²) in [5.74, 6) is 0. The standard InChI is InChI=1S/C12H20BrN3O/c1-3-15(2)11-9-12(17)16(14-10-11)8-6-4-5-7-13/h9-10H,3-8H2,1-2H3. The minimum Gasteiger partial charge on any atom is -0.373 e. The molecule has 1 aromatic heterocycles. The van der Waals surface area contributed by atoms with Crippen LogP contribution in [-0.4, -0.2) is 28.7 Å². The molecule has 1 heterocycles. The van der Waals surface area contributed by atoms with Gasteiger partial charge < -0.3 is 4.90 Å². The summed E-state index contributed by atoms with van der Waals surface area (Å²) < 4.78 is 1.54. The van der Waals surface area contributed by atoms with Gasteiger partial charge in [-0.3, -0.25) is 4.79 Å². The first-order valence-electron chi connectivity index (χ1n) is 6.03. The molecule has 0 aliphatic rings. The van der Waals surface area contributed by atoms with Crippen LogP contribution in [0.2, 0.25) is 0 Å². The molecule has 0 aromatic carbocycles. The van der Waals surface area contributed by atoms with Gasteiger partial charge in [-0.25, -0.2) is 4.68 Å². The van der Waals surface area contributed by atoms with Gasteiger partial charge in [0.25, 0.3) is 5.56 Å². The van der Waals surface area contributed by atoms with Gasteiger partial charge in [0.05, 0.1) is 11.9 Å². The molecule has 0 unspecified atom stereocenters. The first-order chi connectivity index (χ1) is 8.19. The highest BCUT2D eigenvalue weighted by molar-refractivity contribution is 9.09. The number of aromatic nitrogens is 2. The van der Waals surface area contributed by atoms with Crippen molar-refractivity contribution in [3.63, 3.8) is 0 Å². The van der Waals surface area contributed by atoms with Gasteiger partial charge in [-0.1, -0.05) is 22.4 Å². The Morgan fingerprint density at radius 1 is 1.41 bits per heavy atom. The fraction of sp³-hybridized carbons (Fsp3) is 0.667. The van der Waals surface area contributed by atoms with Gasteiger partial charge >= 0.3 is 0 Å². The summed E-state index contributed by atoms with van der Waals surface area (Å²) >= 11 is 3.39. The van der Waals surface area contributed by atoms with Crippen molar-refractivity contribution in [3.8, 4) is 0 Å². The Morgan fingerprint density at radius 2 is 2.18 bits per heavy atom. The van der Waals surface area contributed by atoms with Gasteiger partial charge in [-0.05, 0) is 19.8 Å². The zero-order valence-corrected chi connectivity index (χ0v) is 12.1. The summed E-state index contributed by atoms with van der Waals surface area (Å²) in [6.07, 6.45) is 5.03. The molecule has 0 aliphatic carbocycles. The molecule has 1 rings (SSSR count). The third-order valence-corrected chi connectivity index (χ3v) is 3.33. The molecular weight excluding hydrogens is 282 g/mol. The van der Waals surface area contributed by atoms with Crippen molar-refractivity contribution in [2.45, 2.75) is 32.7 Å². The van der Waals surface area contributed by atoms with E-state index in [4.69, 9.17) is 0 Å². The second kappa shape index (κ2) is 7.48. The number of unbranched alkanes of at least 4 members (excludes halogenated alkanes) is 2. The van der Waals surface area contributed by atoms with Crippen LogP contribution in [0.4, 0.5) is 5.69 Å². The molecule has 17 heavy (non-hydrogen) atoms. The summed E-state index contributed by atoms with van der Waals surface area (Å²) in [5, 5.41) is 5.22. The van der Waals surface area contributed by atoms with Crippen molar-refractivity contribution in [3.05, 3.63) is 22.6 Å². The van der Waals surface area contributed by atoms with Crippen LogP contribution < -0.4 is 10.5 Å². The third-order valence-electron chi connectivity index (χ3n) is 2.77. The smallest absolute Gasteiger partial charge is 0.268 e. The van der Waals surface area contributed by atoms with Crippen molar-refractivity contribution in [1.82, 2.24) is 9.78 Å². The zero-order valence-electron chi connectivity index (χ0n) is 10.5. The monoisotopic (exact) mass is 301 g/mol. The zero-order chi connectivity index (χ0) is 12.7. The Bertz CT molecular complexity index is 392. The Labute approximate surface area is 111 Å². The van der Waals surface area contributed by atoms with Crippen LogP contribution in [0.1, 0.15) is 26.2 Å². The fourth-order valence-electron chi connectivity index (χ4n) is 1.52. The SMILES string of the molecule is CCN(C)c1cnn(CCCCCBr)c(=O)c1. The summed E-state index contributed by atoms with van der Waals surface area (Å²) in [7, 11) is 1.96. The number of hydrogen-bond acceptors (Lipinski definition) is 3. The highest BCUT2D eigenvalue weighted by Crippen LogP contribution is 2.06. The number of halogens is 1. The largest absolute Gasteiger partial charge is 0.373 e. The summed E-state index contributed by atoms with van der Waals surface area (Å²) in [5.41, 5.74) is 0.871. The van der Waals surface area contributed by atoms with Crippen LogP contribution in [0, 0.1) is 0 Å². The van der Waals surface area contributed by atoms with E-state index in [0.29, 0.717) is 6.54 Å². The van der Waals surface area contributed by atoms with E-state index in [1.54, 1.807) is 16.9 Å². The average molecular weight is 302 g/mol. The minimum absolute atomic E-state index is 0.0124. The molecule has 0 spiro atoms. The molecule has 0 atom stereocenters. The maximum atomic E-state index is 11.8. The number of nitrogens with zero attached hydrogens (tertiary/aromatic N) is 3. The van der Waals surface area contributed by atoms with E-state index >= 15 is 0 Å². The molecule has 0 N–H and O–H groups in total. The molecule has 1 aromatic rings. The summed E-state index contributed by atoms with van der Waals surface area (Å²) in [6, 6.07) is 1.65. The first-order valence-corrected chi connectivity index (χ1v) is 7.15. The number of rotatable bonds is 7. The molecule has 96 valence electrons. The predicted octanol–water partition coefficient (Wildman–Crippen LogP) is 2.26. The van der Waals surface area contributed by atoms with Crippen LogP contribution in [-0.2, 0) is 6.54 Å². The quantitative estimate of drug-likeness (QED) is 0.573. The second-order valence-corrected chi connectivity index (χ2v) is 4.83. The molecule has 0 amide bonds. The van der Waals surface area contributed by atoms with E-state index < -0.39 is 0 Å². The molecule has 4 nitrogen and oxygen atoms in total. The molecule has 0 saturated heterocycles. The Balaban J connectivity index is 2.60. The van der Waals surface area contributed by atoms with E-state index in [2.05, 4.69) is 21.0 Å². The van der Waals surface area contributed by atoms with Crippen molar-refractivity contribution in [2.24, 2.45) is 0 Å². The van der Waals surface area contributed by atoms with Crippen molar-refractivity contribution >= 4 is 21.6 Å². The molecule has 0 aliphatic heterocycles. The van der Waals surface area contributed by atoms with Crippen LogP contribution in [0.25, 0.3) is 0 Å². The second-order valence-electron chi connectivity index (χ2n) is 4.04. The topological polar surface area (TPSA) is 38.1 Å². The first kappa shape index (κ1) is 14.2. The van der Waals surface area contributed by atoms with E-state index in [0.717, 1.165) is 36.8 Å². The van der Waals surface area contributed by atoms with Gasteiger partial charge in [0.1, 0.15) is 0 Å². The molecule has 0 fully saturated rings. The number of alkyl halides is 1. The highest BCUT2D eigenvalue weighted by Gasteiger charge is 2.02. The Hall–Kier alpha value is -0.840. The van der Waals surface area contributed by atoms with Crippen molar-refractivity contribution < 1.29 is 0 Å². The van der Waals surface area contributed by atoms with E-state index in [1.807, 2.05) is 18.9 Å². The lowest BCUT2D eigenvalue weighted by Crippen LogP contribution is -2.25. The van der Waals surface area contributed by atoms with Crippen molar-refractivity contribution in [2.75, 3.05) is 23.8 Å². The van der Waals surface area contributed by atoms with Gasteiger partial charge in [-0.2, -0.15) is 5.10 Å². The van der Waals surface area contributed by atoms with Crippen molar-refractivity contribution in [1.29, 1.82) is 0 Å². The predicted molar refractivity (Wildman–Crippen MR) is 75.1 cm³/mol. The van der Waals surface area contributed by atoms with Crippen LogP contribution in [0.5, 0.6) is 0 Å². The van der Waals surface area contributed by atoms with E-state index in [1.165, 1.54) is 0 Å². The summed E-state index contributed by atoms with van der Waals surface area (Å²) in [4.78, 5) is 13.8. The van der Waals surface area contributed by atoms with Crippen LogP contribution in [0.15, 0.2) is 17.1 Å². The normalized spacial score (nSPS) is 10.5. The maximum Gasteiger partial charge on any atom is 0.268 e. The number of anilines is 1. The molecule has 0 radical (unpaired) electrons. The Morgan fingerprint density at radius 3 is 2.76 bits per heavy atom. The maximum absolute atomic E-state index is 11.8. The lowest BCUT2D eigenvalue weighted by molar-refractivity contribution is 0.529. The molecule has 0 bridgehead atoms. The lowest BCUT2D eigenvalue weighted by atomic mass is 10.2. The van der Waals surface area contributed by atoms with Crippen LogP contribution >= 0.6 is 15.9 Å². The lowest BCUT2D eigenvalue weighted by Gasteiger charge is -2.16. The van der Waals surface area contributed by atoms with E-state index in [-0.39, 0.29) is 5.56 Å². The van der Waals surface area contributed by atoms with E-state index in [9.17, 15) is 4.79 Å². The van der Waals surface area contributed by atoms with Gasteiger partial charge in [0.15, 0.2) is 0 Å². The van der Waals surface area contributed by atoms with Gasteiger partial charge in [0.2, 0.25) is 0 Å². The summed E-state index contributed by atoms with van der Waals surface area (Å²) in [6.45, 7) is 3.63. The molecule has 0 saturated carbocycles. The minimum atomic E-state index is -0.0124. The van der Waals surface area contributed by atoms with Crippen LogP contribution in [0.3, 0.4) is 0 Å². The number of hydrogen-bond donors (Lipinski definition) is 0. The van der Waals surface area contributed by atoms with Gasteiger partial charge in [0, 0.05) is 31.5 Å². The molecule has 5 heteroatoms. The number of aryl methyl sites for hydroxylation is 1.